The zero-order valence-corrected chi connectivity index (χ0v) is 9.60. The summed E-state index contributed by atoms with van der Waals surface area (Å²) >= 11 is 0. The van der Waals surface area contributed by atoms with Gasteiger partial charge in [0.05, 0.1) is 0 Å². The van der Waals surface area contributed by atoms with Crippen LogP contribution in [-0.4, -0.2) is 30.7 Å². The third kappa shape index (κ3) is 3.57. The smallest absolute Gasteiger partial charge is 0.115 e. The van der Waals surface area contributed by atoms with E-state index in [1.165, 1.54) is 0 Å². The van der Waals surface area contributed by atoms with E-state index in [9.17, 15) is 0 Å². The summed E-state index contributed by atoms with van der Waals surface area (Å²) in [6.07, 6.45) is 6.29. The molecule has 1 rings (SSSR count). The van der Waals surface area contributed by atoms with E-state index in [1.807, 2.05) is 19.4 Å². The predicted octanol–water partition coefficient (Wildman–Crippen LogP) is 1.41. The van der Waals surface area contributed by atoms with Crippen molar-refractivity contribution in [2.24, 2.45) is 5.92 Å². The fraction of sp³-hybridized carbons (Fsp3) is 0.636. The average Bonchev–Trinajstić information content (AvgIpc) is 2.29. The van der Waals surface area contributed by atoms with Crippen LogP contribution in [0, 0.1) is 5.92 Å². The molecule has 4 nitrogen and oxygen atoms in total. The van der Waals surface area contributed by atoms with Crippen molar-refractivity contribution in [3.63, 3.8) is 0 Å². The van der Waals surface area contributed by atoms with Crippen LogP contribution in [0.3, 0.4) is 0 Å². The normalized spacial score (nSPS) is 14.9. The maximum atomic E-state index is 5.08. The van der Waals surface area contributed by atoms with Crippen molar-refractivity contribution in [2.45, 2.75) is 19.4 Å². The first-order chi connectivity index (χ1) is 7.29. The highest BCUT2D eigenvalue weighted by molar-refractivity contribution is 5.10. The second-order valence-corrected chi connectivity index (χ2v) is 3.70. The molecule has 0 aromatic carbocycles. The number of hydrogen-bond acceptors (Lipinski definition) is 4. The highest BCUT2D eigenvalue weighted by Crippen LogP contribution is 2.22. The summed E-state index contributed by atoms with van der Waals surface area (Å²) in [5, 5.41) is 3.29. The maximum absolute atomic E-state index is 5.08. The molecular weight excluding hydrogens is 190 g/mol. The Bertz CT molecular complexity index is 266. The van der Waals surface area contributed by atoms with E-state index in [4.69, 9.17) is 4.74 Å². The van der Waals surface area contributed by atoms with E-state index in [-0.39, 0.29) is 0 Å². The first-order valence-electron chi connectivity index (χ1n) is 5.20. The second kappa shape index (κ2) is 6.48. The summed E-state index contributed by atoms with van der Waals surface area (Å²) in [6.45, 7) is 2.99. The van der Waals surface area contributed by atoms with Gasteiger partial charge < -0.3 is 10.1 Å². The fourth-order valence-corrected chi connectivity index (χ4v) is 1.72. The minimum atomic E-state index is 0.293. The van der Waals surface area contributed by atoms with E-state index in [2.05, 4.69) is 22.2 Å². The van der Waals surface area contributed by atoms with Crippen LogP contribution in [-0.2, 0) is 4.74 Å². The molecule has 15 heavy (non-hydrogen) atoms. The van der Waals surface area contributed by atoms with Crippen LogP contribution in [0.25, 0.3) is 0 Å². The van der Waals surface area contributed by atoms with Crippen LogP contribution < -0.4 is 5.32 Å². The fourth-order valence-electron chi connectivity index (χ4n) is 1.72. The van der Waals surface area contributed by atoms with Gasteiger partial charge in [-0.2, -0.15) is 0 Å². The lowest BCUT2D eigenvalue weighted by Crippen LogP contribution is -2.24. The number of hydrogen-bond donors (Lipinski definition) is 1. The van der Waals surface area contributed by atoms with Gasteiger partial charge in [0.15, 0.2) is 0 Å². The van der Waals surface area contributed by atoms with Crippen LogP contribution in [0.15, 0.2) is 18.7 Å². The van der Waals surface area contributed by atoms with Gasteiger partial charge >= 0.3 is 0 Å². The number of rotatable bonds is 6. The summed E-state index contributed by atoms with van der Waals surface area (Å²) in [5.41, 5.74) is 1.13. The molecule has 1 N–H and O–H groups in total. The molecule has 84 valence electrons. The van der Waals surface area contributed by atoms with Gasteiger partial charge in [-0.3, -0.25) is 0 Å². The minimum absolute atomic E-state index is 0.293. The van der Waals surface area contributed by atoms with E-state index in [0.717, 1.165) is 18.6 Å². The molecular formula is C11H19N3O. The van der Waals surface area contributed by atoms with E-state index in [0.29, 0.717) is 12.0 Å². The van der Waals surface area contributed by atoms with Crippen LogP contribution in [0.2, 0.25) is 0 Å². The summed E-state index contributed by atoms with van der Waals surface area (Å²) in [4.78, 5) is 8.07. The molecule has 2 atom stereocenters. The third-order valence-electron chi connectivity index (χ3n) is 2.60. The van der Waals surface area contributed by atoms with Crippen molar-refractivity contribution in [1.29, 1.82) is 0 Å². The highest BCUT2D eigenvalue weighted by atomic mass is 16.5. The van der Waals surface area contributed by atoms with Gasteiger partial charge in [-0.1, -0.05) is 6.92 Å². The molecule has 4 heteroatoms. The largest absolute Gasteiger partial charge is 0.385 e. The van der Waals surface area contributed by atoms with Crippen molar-refractivity contribution in [1.82, 2.24) is 15.3 Å². The van der Waals surface area contributed by atoms with Gasteiger partial charge in [-0.05, 0) is 19.4 Å². The molecule has 0 aliphatic rings. The Morgan fingerprint density at radius 1 is 1.40 bits per heavy atom. The van der Waals surface area contributed by atoms with Crippen molar-refractivity contribution in [2.75, 3.05) is 20.8 Å². The van der Waals surface area contributed by atoms with Crippen molar-refractivity contribution < 1.29 is 4.74 Å². The Kier molecular flexibility index (Phi) is 5.21. The number of ether oxygens (including phenoxy) is 1. The Balaban J connectivity index is 2.63. The quantitative estimate of drug-likeness (QED) is 0.769. The molecule has 0 radical (unpaired) electrons. The van der Waals surface area contributed by atoms with Crippen LogP contribution in [0.5, 0.6) is 0 Å². The molecule has 1 aromatic rings. The molecule has 0 fully saturated rings. The second-order valence-electron chi connectivity index (χ2n) is 3.70. The maximum Gasteiger partial charge on any atom is 0.115 e. The molecule has 0 spiro atoms. The van der Waals surface area contributed by atoms with E-state index < -0.39 is 0 Å². The molecule has 0 aliphatic carbocycles. The van der Waals surface area contributed by atoms with Gasteiger partial charge in [-0.25, -0.2) is 9.97 Å². The first-order valence-corrected chi connectivity index (χ1v) is 5.20. The zero-order chi connectivity index (χ0) is 11.1. The average molecular weight is 209 g/mol. The summed E-state index contributed by atoms with van der Waals surface area (Å²) in [6, 6.07) is 0.293. The number of nitrogens with one attached hydrogen (secondary N) is 1. The lowest BCUT2D eigenvalue weighted by atomic mass is 9.94. The number of nitrogens with zero attached hydrogens (tertiary/aromatic N) is 2. The lowest BCUT2D eigenvalue weighted by molar-refractivity contribution is 0.171. The minimum Gasteiger partial charge on any atom is -0.385 e. The molecule has 0 saturated carbocycles. The standard InChI is InChI=1S/C11H19N3O/c1-9(4-5-15-3)11(12-2)10-6-13-8-14-7-10/h6-9,11-12H,4-5H2,1-3H3. The molecule has 2 unspecified atom stereocenters. The van der Waals surface area contributed by atoms with E-state index >= 15 is 0 Å². The van der Waals surface area contributed by atoms with Crippen molar-refractivity contribution in [3.05, 3.63) is 24.3 Å². The third-order valence-corrected chi connectivity index (χ3v) is 2.60. The molecule has 0 saturated heterocycles. The Morgan fingerprint density at radius 2 is 2.07 bits per heavy atom. The SMILES string of the molecule is CNC(c1cncnc1)C(C)CCOC. The predicted molar refractivity (Wildman–Crippen MR) is 59.5 cm³/mol. The van der Waals surface area contributed by atoms with Gasteiger partial charge in [0.1, 0.15) is 6.33 Å². The molecule has 0 bridgehead atoms. The highest BCUT2D eigenvalue weighted by Gasteiger charge is 2.17. The van der Waals surface area contributed by atoms with Crippen molar-refractivity contribution >= 4 is 0 Å². The Hall–Kier alpha value is -1.00. The van der Waals surface area contributed by atoms with Gasteiger partial charge in [0.25, 0.3) is 0 Å². The van der Waals surface area contributed by atoms with Crippen molar-refractivity contribution in [3.8, 4) is 0 Å². The number of aromatic nitrogens is 2. The topological polar surface area (TPSA) is 47.0 Å². The summed E-state index contributed by atoms with van der Waals surface area (Å²) in [7, 11) is 3.69. The Morgan fingerprint density at radius 3 is 2.60 bits per heavy atom. The monoisotopic (exact) mass is 209 g/mol. The molecule has 1 aromatic heterocycles. The van der Waals surface area contributed by atoms with Crippen LogP contribution in [0.4, 0.5) is 0 Å². The van der Waals surface area contributed by atoms with Gasteiger partial charge in [0.2, 0.25) is 0 Å². The van der Waals surface area contributed by atoms with E-state index in [1.54, 1.807) is 13.4 Å². The zero-order valence-electron chi connectivity index (χ0n) is 9.60. The van der Waals surface area contributed by atoms with Gasteiger partial charge in [0, 0.05) is 37.7 Å². The lowest BCUT2D eigenvalue weighted by Gasteiger charge is -2.23. The molecule has 1 heterocycles. The summed E-state index contributed by atoms with van der Waals surface area (Å²) < 4.78 is 5.08. The molecule has 0 aliphatic heterocycles. The van der Waals surface area contributed by atoms with Crippen LogP contribution in [0.1, 0.15) is 24.9 Å². The van der Waals surface area contributed by atoms with Gasteiger partial charge in [-0.15, -0.1) is 0 Å². The molecule has 0 amide bonds. The van der Waals surface area contributed by atoms with Crippen LogP contribution >= 0.6 is 0 Å². The summed E-state index contributed by atoms with van der Waals surface area (Å²) in [5.74, 6) is 0.501. The first kappa shape index (κ1) is 12.1. The Labute approximate surface area is 91.1 Å². The number of methoxy groups -OCH3 is 1.